The highest BCUT2D eigenvalue weighted by Crippen LogP contribution is 2.25. The number of halogens is 1. The number of carbonyl (C=O) groups excluding carboxylic acids is 1. The van der Waals surface area contributed by atoms with Crippen molar-refractivity contribution in [2.24, 2.45) is 0 Å². The molecule has 0 spiro atoms. The third kappa shape index (κ3) is 4.59. The Bertz CT molecular complexity index is 1200. The van der Waals surface area contributed by atoms with Gasteiger partial charge in [0.15, 0.2) is 5.76 Å². The average molecular weight is 458 g/mol. The summed E-state index contributed by atoms with van der Waals surface area (Å²) in [6.45, 7) is 5.29. The molecule has 0 bridgehead atoms. The smallest absolute Gasteiger partial charge is 0.291 e. The van der Waals surface area contributed by atoms with Crippen molar-refractivity contribution in [2.45, 2.75) is 11.8 Å². The Kier molecular flexibility index (Phi) is 6.40. The average Bonchev–Trinajstić information content (AvgIpc) is 3.30. The summed E-state index contributed by atoms with van der Waals surface area (Å²) < 4.78 is 46.7. The van der Waals surface area contributed by atoms with E-state index in [1.807, 2.05) is 0 Å². The third-order valence-electron chi connectivity index (χ3n) is 5.50. The van der Waals surface area contributed by atoms with Gasteiger partial charge >= 0.3 is 0 Å². The van der Waals surface area contributed by atoms with E-state index in [0.717, 1.165) is 6.54 Å². The van der Waals surface area contributed by atoms with Crippen LogP contribution in [0.25, 0.3) is 11.3 Å². The predicted molar refractivity (Wildman–Crippen MR) is 119 cm³/mol. The van der Waals surface area contributed by atoms with E-state index in [0.29, 0.717) is 31.9 Å². The molecule has 2 heterocycles. The molecule has 3 aromatic rings. The number of nitrogens with one attached hydrogen (secondary N) is 1. The molecule has 1 aromatic heterocycles. The van der Waals surface area contributed by atoms with E-state index in [-0.39, 0.29) is 22.0 Å². The van der Waals surface area contributed by atoms with Crippen LogP contribution in [0, 0.1) is 5.82 Å². The van der Waals surface area contributed by atoms with Crippen molar-refractivity contribution in [1.82, 2.24) is 9.21 Å². The summed E-state index contributed by atoms with van der Waals surface area (Å²) in [5.41, 5.74) is 0.689. The second kappa shape index (κ2) is 9.23. The van der Waals surface area contributed by atoms with Gasteiger partial charge in [-0.05, 0) is 55.1 Å². The van der Waals surface area contributed by atoms with E-state index in [1.54, 1.807) is 18.2 Å². The molecule has 1 amide bonds. The Morgan fingerprint density at radius 1 is 1.00 bits per heavy atom. The maximum atomic E-state index is 13.9. The summed E-state index contributed by atoms with van der Waals surface area (Å²) in [5, 5.41) is 2.67. The predicted octanol–water partition coefficient (Wildman–Crippen LogP) is 3.66. The van der Waals surface area contributed by atoms with Crippen molar-refractivity contribution in [3.63, 3.8) is 0 Å². The Labute approximate surface area is 186 Å². The van der Waals surface area contributed by atoms with Gasteiger partial charge in [0, 0.05) is 31.9 Å². The highest BCUT2D eigenvalue weighted by Gasteiger charge is 2.28. The monoisotopic (exact) mass is 457 g/mol. The summed E-state index contributed by atoms with van der Waals surface area (Å²) in [6.07, 6.45) is 0. The maximum absolute atomic E-state index is 13.9. The number of anilines is 1. The molecule has 1 N–H and O–H groups in total. The molecular formula is C23H24FN3O4S. The zero-order valence-electron chi connectivity index (χ0n) is 17.6. The summed E-state index contributed by atoms with van der Waals surface area (Å²) in [7, 11) is -3.58. The minimum Gasteiger partial charge on any atom is -0.451 e. The fraction of sp³-hybridized carbons (Fsp3) is 0.261. The number of nitrogens with zero attached hydrogens (tertiary/aromatic N) is 2. The summed E-state index contributed by atoms with van der Waals surface area (Å²) in [5.74, 6) is -0.688. The lowest BCUT2D eigenvalue weighted by molar-refractivity contribution is 0.0997. The van der Waals surface area contributed by atoms with Gasteiger partial charge in [-0.2, -0.15) is 4.31 Å². The number of hydrogen-bond donors (Lipinski definition) is 1. The summed E-state index contributed by atoms with van der Waals surface area (Å²) in [6, 6.07) is 15.2. The fourth-order valence-corrected chi connectivity index (χ4v) is 5.03. The zero-order valence-corrected chi connectivity index (χ0v) is 18.4. The van der Waals surface area contributed by atoms with Crippen LogP contribution in [0.2, 0.25) is 0 Å². The Morgan fingerprint density at radius 3 is 2.34 bits per heavy atom. The quantitative estimate of drug-likeness (QED) is 0.611. The van der Waals surface area contributed by atoms with Crippen molar-refractivity contribution in [3.8, 4) is 11.3 Å². The lowest BCUT2D eigenvalue weighted by atomic mass is 10.1. The molecule has 1 saturated heterocycles. The molecule has 0 aliphatic carbocycles. The molecule has 1 aliphatic heterocycles. The molecule has 0 saturated carbocycles. The Balaban J connectivity index is 1.43. The van der Waals surface area contributed by atoms with Crippen molar-refractivity contribution < 1.29 is 22.0 Å². The van der Waals surface area contributed by atoms with Crippen LogP contribution < -0.4 is 5.32 Å². The van der Waals surface area contributed by atoms with Gasteiger partial charge in [0.25, 0.3) is 5.91 Å². The van der Waals surface area contributed by atoms with Gasteiger partial charge in [0.05, 0.1) is 10.5 Å². The van der Waals surface area contributed by atoms with E-state index in [2.05, 4.69) is 17.1 Å². The first-order valence-electron chi connectivity index (χ1n) is 10.4. The molecular weight excluding hydrogens is 433 g/mol. The molecule has 0 atom stereocenters. The maximum Gasteiger partial charge on any atom is 0.291 e. The normalized spacial score (nSPS) is 15.6. The zero-order chi connectivity index (χ0) is 22.7. The topological polar surface area (TPSA) is 82.9 Å². The molecule has 0 unspecified atom stereocenters. The molecule has 9 heteroatoms. The first-order chi connectivity index (χ1) is 15.4. The molecule has 2 aromatic carbocycles. The standard InChI is InChI=1S/C23H24FN3O4S/c1-2-26-13-15-27(16-14-26)32(29,30)18-9-7-17(8-10-18)25-23(28)22-12-11-21(31-22)19-5-3-4-6-20(19)24/h3-12H,2,13-16H2,1H3,(H,25,28). The number of piperazine rings is 1. The summed E-state index contributed by atoms with van der Waals surface area (Å²) in [4.78, 5) is 14.9. The van der Waals surface area contributed by atoms with Crippen LogP contribution in [0.5, 0.6) is 0 Å². The summed E-state index contributed by atoms with van der Waals surface area (Å²) >= 11 is 0. The lowest BCUT2D eigenvalue weighted by Gasteiger charge is -2.33. The first kappa shape index (κ1) is 22.2. The largest absolute Gasteiger partial charge is 0.451 e. The van der Waals surface area contributed by atoms with Gasteiger partial charge in [-0.15, -0.1) is 0 Å². The SMILES string of the molecule is CCN1CCN(S(=O)(=O)c2ccc(NC(=O)c3ccc(-c4ccccc4F)o3)cc2)CC1. The van der Waals surface area contributed by atoms with Crippen LogP contribution in [-0.2, 0) is 10.0 Å². The van der Waals surface area contributed by atoms with E-state index in [4.69, 9.17) is 4.42 Å². The number of benzene rings is 2. The van der Waals surface area contributed by atoms with Gasteiger partial charge in [-0.3, -0.25) is 4.79 Å². The second-order valence-electron chi connectivity index (χ2n) is 7.46. The third-order valence-corrected chi connectivity index (χ3v) is 7.41. The second-order valence-corrected chi connectivity index (χ2v) is 9.40. The number of furan rings is 1. The van der Waals surface area contributed by atoms with Crippen molar-refractivity contribution >= 4 is 21.6 Å². The Hall–Kier alpha value is -3.01. The number of sulfonamides is 1. The number of amides is 1. The van der Waals surface area contributed by atoms with Gasteiger partial charge < -0.3 is 14.6 Å². The van der Waals surface area contributed by atoms with Crippen LogP contribution in [0.4, 0.5) is 10.1 Å². The number of likely N-dealkylation sites (N-methyl/N-ethyl adjacent to an activating group) is 1. The molecule has 1 fully saturated rings. The van der Waals surface area contributed by atoms with Crippen molar-refractivity contribution in [1.29, 1.82) is 0 Å². The van der Waals surface area contributed by atoms with Gasteiger partial charge in [0.2, 0.25) is 10.0 Å². The van der Waals surface area contributed by atoms with Crippen LogP contribution in [0.1, 0.15) is 17.5 Å². The van der Waals surface area contributed by atoms with E-state index in [9.17, 15) is 17.6 Å². The number of hydrogen-bond acceptors (Lipinski definition) is 5. The lowest BCUT2D eigenvalue weighted by Crippen LogP contribution is -2.48. The fourth-order valence-electron chi connectivity index (χ4n) is 3.60. The highest BCUT2D eigenvalue weighted by molar-refractivity contribution is 7.89. The van der Waals surface area contributed by atoms with E-state index in [1.165, 1.54) is 46.8 Å². The van der Waals surface area contributed by atoms with E-state index < -0.39 is 21.7 Å². The molecule has 4 rings (SSSR count). The molecule has 1 aliphatic rings. The van der Waals surface area contributed by atoms with Crippen LogP contribution in [0.15, 0.2) is 70.0 Å². The van der Waals surface area contributed by atoms with Gasteiger partial charge in [-0.1, -0.05) is 19.1 Å². The van der Waals surface area contributed by atoms with Crippen molar-refractivity contribution in [3.05, 3.63) is 72.2 Å². The number of rotatable bonds is 6. The Morgan fingerprint density at radius 2 is 1.69 bits per heavy atom. The molecule has 168 valence electrons. The van der Waals surface area contributed by atoms with Gasteiger partial charge in [-0.25, -0.2) is 12.8 Å². The van der Waals surface area contributed by atoms with Crippen molar-refractivity contribution in [2.75, 3.05) is 38.0 Å². The minimum atomic E-state index is -3.58. The minimum absolute atomic E-state index is 0.0220. The van der Waals surface area contributed by atoms with Crippen LogP contribution >= 0.6 is 0 Å². The first-order valence-corrected chi connectivity index (χ1v) is 11.8. The van der Waals surface area contributed by atoms with Crippen LogP contribution in [0.3, 0.4) is 0 Å². The molecule has 32 heavy (non-hydrogen) atoms. The molecule has 7 nitrogen and oxygen atoms in total. The van der Waals surface area contributed by atoms with Gasteiger partial charge in [0.1, 0.15) is 11.6 Å². The highest BCUT2D eigenvalue weighted by atomic mass is 32.2. The van der Waals surface area contributed by atoms with E-state index >= 15 is 0 Å². The number of carbonyl (C=O) groups is 1. The molecule has 0 radical (unpaired) electrons. The van der Waals surface area contributed by atoms with Crippen LogP contribution in [-0.4, -0.2) is 56.3 Å².